The van der Waals surface area contributed by atoms with Crippen LogP contribution in [0.15, 0.2) is 60.7 Å². The van der Waals surface area contributed by atoms with Gasteiger partial charge in [0.1, 0.15) is 11.5 Å². The van der Waals surface area contributed by atoms with Gasteiger partial charge in [-0.15, -0.1) is 0 Å². The van der Waals surface area contributed by atoms with Crippen LogP contribution in [0.25, 0.3) is 16.6 Å². The van der Waals surface area contributed by atoms with Crippen molar-refractivity contribution in [2.75, 3.05) is 6.79 Å². The Bertz CT molecular complexity index is 1510. The van der Waals surface area contributed by atoms with Gasteiger partial charge in [-0.25, -0.2) is 4.79 Å². The highest BCUT2D eigenvalue weighted by Gasteiger charge is 2.30. The quantitative estimate of drug-likeness (QED) is 0.361. The Balaban J connectivity index is 1.63. The van der Waals surface area contributed by atoms with E-state index in [0.29, 0.717) is 22.7 Å². The summed E-state index contributed by atoms with van der Waals surface area (Å²) in [6.45, 7) is 0.0260. The molecule has 1 aliphatic rings. The van der Waals surface area contributed by atoms with Crippen LogP contribution >= 0.6 is 0 Å². The zero-order valence-electron chi connectivity index (χ0n) is 18.2. The summed E-state index contributed by atoms with van der Waals surface area (Å²) in [5.41, 5.74) is -0.192. The van der Waals surface area contributed by atoms with Crippen LogP contribution in [-0.4, -0.2) is 33.5 Å². The summed E-state index contributed by atoms with van der Waals surface area (Å²) in [6.07, 6.45) is -5.08. The fraction of sp³-hybridized carbons (Fsp3) is 0.120. The summed E-state index contributed by atoms with van der Waals surface area (Å²) in [7, 11) is 0. The van der Waals surface area contributed by atoms with Gasteiger partial charge in [-0.3, -0.25) is 4.79 Å². The zero-order chi connectivity index (χ0) is 25.6. The number of carbonyl (C=O) groups is 2. The van der Waals surface area contributed by atoms with Crippen LogP contribution in [0.4, 0.5) is 13.2 Å². The van der Waals surface area contributed by atoms with Crippen LogP contribution in [0, 0.1) is 0 Å². The molecule has 4 aromatic rings. The molecule has 5 rings (SSSR count). The molecule has 0 unspecified atom stereocenters. The van der Waals surface area contributed by atoms with Crippen molar-refractivity contribution < 1.29 is 47.2 Å². The van der Waals surface area contributed by atoms with Crippen molar-refractivity contribution in [2.45, 2.75) is 12.6 Å². The Kier molecular flexibility index (Phi) is 5.47. The Hall–Kier alpha value is -4.67. The van der Waals surface area contributed by atoms with Gasteiger partial charge in [-0.2, -0.15) is 13.2 Å². The first-order chi connectivity index (χ1) is 17.1. The van der Waals surface area contributed by atoms with Gasteiger partial charge in [0.05, 0.1) is 23.1 Å². The van der Waals surface area contributed by atoms with Gasteiger partial charge >= 0.3 is 18.1 Å². The Labute approximate surface area is 200 Å². The van der Waals surface area contributed by atoms with Gasteiger partial charge in [0, 0.05) is 22.8 Å². The largest absolute Gasteiger partial charge is 0.481 e. The van der Waals surface area contributed by atoms with Crippen molar-refractivity contribution in [1.29, 1.82) is 0 Å². The maximum absolute atomic E-state index is 12.8. The zero-order valence-corrected chi connectivity index (χ0v) is 18.2. The van der Waals surface area contributed by atoms with Crippen molar-refractivity contribution in [3.8, 4) is 28.7 Å². The maximum atomic E-state index is 12.8. The molecular formula is C25H16F3NO7. The minimum absolute atomic E-state index is 0.0237. The third-order valence-electron chi connectivity index (χ3n) is 5.60. The molecular weight excluding hydrogens is 483 g/mol. The second-order valence-electron chi connectivity index (χ2n) is 7.87. The fourth-order valence-corrected chi connectivity index (χ4v) is 4.10. The summed E-state index contributed by atoms with van der Waals surface area (Å²) in [5, 5.41) is 19.7. The molecule has 2 N–H and O–H groups in total. The molecule has 8 nitrogen and oxygen atoms in total. The summed E-state index contributed by atoms with van der Waals surface area (Å²) in [6, 6.07) is 13.4. The molecule has 36 heavy (non-hydrogen) atoms. The number of carboxylic acid groups (broad SMARTS) is 2. The van der Waals surface area contributed by atoms with E-state index in [1.165, 1.54) is 16.7 Å². The highest BCUT2D eigenvalue weighted by Crippen LogP contribution is 2.38. The van der Waals surface area contributed by atoms with Crippen molar-refractivity contribution in [2.24, 2.45) is 0 Å². The standard InChI is InChI=1S/C25H16F3NO7/c26-25(27,28)13-1-4-15(5-2-13)36-16-6-7-18-17(10-16)23(24(32)33)19(11-22(30)31)29(18)14-3-8-20-21(9-14)35-12-34-20/h1-10H,11-12H2,(H,30,31)(H,32,33). The molecule has 0 amide bonds. The second-order valence-corrected chi connectivity index (χ2v) is 7.87. The lowest BCUT2D eigenvalue weighted by Crippen LogP contribution is -2.11. The van der Waals surface area contributed by atoms with E-state index in [1.54, 1.807) is 24.3 Å². The van der Waals surface area contributed by atoms with Gasteiger partial charge in [0.15, 0.2) is 11.5 Å². The van der Waals surface area contributed by atoms with Gasteiger partial charge in [-0.1, -0.05) is 0 Å². The van der Waals surface area contributed by atoms with Crippen molar-refractivity contribution >= 4 is 22.8 Å². The molecule has 0 spiro atoms. The number of hydrogen-bond donors (Lipinski definition) is 2. The lowest BCUT2D eigenvalue weighted by atomic mass is 10.1. The lowest BCUT2D eigenvalue weighted by molar-refractivity contribution is -0.138. The van der Waals surface area contributed by atoms with Gasteiger partial charge in [0.2, 0.25) is 6.79 Å². The Morgan fingerprint density at radius 2 is 1.61 bits per heavy atom. The van der Waals surface area contributed by atoms with E-state index < -0.39 is 30.1 Å². The first-order valence-corrected chi connectivity index (χ1v) is 10.5. The first-order valence-electron chi connectivity index (χ1n) is 10.5. The minimum Gasteiger partial charge on any atom is -0.481 e. The summed E-state index contributed by atoms with van der Waals surface area (Å²) < 4.78 is 56.4. The topological polar surface area (TPSA) is 107 Å². The molecule has 2 heterocycles. The number of aromatic nitrogens is 1. The minimum atomic E-state index is -4.49. The van der Waals surface area contributed by atoms with Crippen molar-refractivity contribution in [3.05, 3.63) is 77.5 Å². The third kappa shape index (κ3) is 4.15. The molecule has 0 fully saturated rings. The van der Waals surface area contributed by atoms with E-state index in [9.17, 15) is 33.0 Å². The number of aromatic carboxylic acids is 1. The van der Waals surface area contributed by atoms with Crippen LogP contribution < -0.4 is 14.2 Å². The first kappa shape index (κ1) is 23.1. The predicted octanol–water partition coefficient (Wildman–Crippen LogP) is 5.50. The van der Waals surface area contributed by atoms with Crippen LogP contribution in [0.5, 0.6) is 23.0 Å². The molecule has 0 saturated heterocycles. The summed E-state index contributed by atoms with van der Waals surface area (Å²) >= 11 is 0. The van der Waals surface area contributed by atoms with E-state index in [0.717, 1.165) is 24.3 Å². The van der Waals surface area contributed by atoms with E-state index in [2.05, 4.69) is 0 Å². The maximum Gasteiger partial charge on any atom is 0.416 e. The number of nitrogens with zero attached hydrogens (tertiary/aromatic N) is 1. The molecule has 184 valence electrons. The number of carboxylic acids is 2. The average Bonchev–Trinajstić information content (AvgIpc) is 3.39. The average molecular weight is 499 g/mol. The molecule has 0 radical (unpaired) electrons. The number of ether oxygens (including phenoxy) is 3. The van der Waals surface area contributed by atoms with Crippen LogP contribution in [0.2, 0.25) is 0 Å². The molecule has 0 saturated carbocycles. The number of alkyl halides is 3. The molecule has 3 aromatic carbocycles. The predicted molar refractivity (Wildman–Crippen MR) is 119 cm³/mol. The number of aliphatic carboxylic acids is 1. The van der Waals surface area contributed by atoms with Crippen molar-refractivity contribution in [1.82, 2.24) is 4.57 Å². The van der Waals surface area contributed by atoms with Gasteiger partial charge in [-0.05, 0) is 54.6 Å². The highest BCUT2D eigenvalue weighted by molar-refractivity contribution is 6.07. The normalized spacial score (nSPS) is 12.6. The molecule has 1 aliphatic heterocycles. The fourth-order valence-electron chi connectivity index (χ4n) is 4.10. The van der Waals surface area contributed by atoms with Crippen LogP contribution in [0.3, 0.4) is 0 Å². The number of rotatable bonds is 6. The Morgan fingerprint density at radius 3 is 2.28 bits per heavy atom. The lowest BCUT2D eigenvalue weighted by Gasteiger charge is -2.12. The Morgan fingerprint density at radius 1 is 0.917 bits per heavy atom. The molecule has 0 aliphatic carbocycles. The number of hydrogen-bond acceptors (Lipinski definition) is 5. The number of halogens is 3. The summed E-state index contributed by atoms with van der Waals surface area (Å²) in [5.74, 6) is -1.38. The van der Waals surface area contributed by atoms with E-state index in [-0.39, 0.29) is 34.9 Å². The van der Waals surface area contributed by atoms with Gasteiger partial charge < -0.3 is 29.0 Å². The van der Waals surface area contributed by atoms with Crippen LogP contribution in [0.1, 0.15) is 21.6 Å². The molecule has 1 aromatic heterocycles. The second kappa shape index (κ2) is 8.52. The SMILES string of the molecule is O=C(O)Cc1c(C(=O)O)c2cc(Oc3ccc(C(F)(F)F)cc3)ccc2n1-c1ccc2c(c1)OCO2. The molecule has 11 heteroatoms. The molecule has 0 atom stereocenters. The van der Waals surface area contributed by atoms with E-state index in [1.807, 2.05) is 0 Å². The molecule has 0 bridgehead atoms. The van der Waals surface area contributed by atoms with E-state index in [4.69, 9.17) is 14.2 Å². The highest BCUT2D eigenvalue weighted by atomic mass is 19.4. The smallest absolute Gasteiger partial charge is 0.416 e. The summed E-state index contributed by atoms with van der Waals surface area (Å²) in [4.78, 5) is 23.9. The number of benzene rings is 3. The third-order valence-corrected chi connectivity index (χ3v) is 5.60. The van der Waals surface area contributed by atoms with Crippen molar-refractivity contribution in [3.63, 3.8) is 0 Å². The van der Waals surface area contributed by atoms with Crippen LogP contribution in [-0.2, 0) is 17.4 Å². The van der Waals surface area contributed by atoms with Gasteiger partial charge in [0.25, 0.3) is 0 Å². The van der Waals surface area contributed by atoms with E-state index >= 15 is 0 Å². The number of fused-ring (bicyclic) bond motifs is 2. The monoisotopic (exact) mass is 499 g/mol.